The lowest BCUT2D eigenvalue weighted by atomic mass is 10.2. The molecule has 0 radical (unpaired) electrons. The molecule has 0 aliphatic rings. The number of aryl methyl sites for hydroxylation is 1. The van der Waals surface area contributed by atoms with Crippen LogP contribution in [0.2, 0.25) is 0 Å². The van der Waals surface area contributed by atoms with Gasteiger partial charge in [-0.1, -0.05) is 6.07 Å². The Hall–Kier alpha value is -3.55. The molecule has 1 aromatic carbocycles. The highest BCUT2D eigenvalue weighted by Gasteiger charge is 2.12. The molecule has 2 aromatic heterocycles. The highest BCUT2D eigenvalue weighted by molar-refractivity contribution is 5.94. The second-order valence-corrected chi connectivity index (χ2v) is 5.36. The van der Waals surface area contributed by atoms with Crippen LogP contribution in [0.15, 0.2) is 53.2 Å². The van der Waals surface area contributed by atoms with E-state index in [4.69, 9.17) is 4.42 Å². The summed E-state index contributed by atoms with van der Waals surface area (Å²) in [6, 6.07) is 10.1. The topological polar surface area (TPSA) is 107 Å². The smallest absolute Gasteiger partial charge is 0.337 e. The molecule has 3 rings (SSSR count). The number of aromatic nitrogens is 3. The molecule has 0 saturated carbocycles. The van der Waals surface area contributed by atoms with E-state index in [0.717, 1.165) is 5.56 Å². The van der Waals surface area contributed by atoms with Crippen molar-refractivity contribution in [2.45, 2.75) is 12.8 Å². The maximum absolute atomic E-state index is 12.1. The zero-order valence-electron chi connectivity index (χ0n) is 14.0. The van der Waals surface area contributed by atoms with Crippen molar-refractivity contribution >= 4 is 17.6 Å². The number of rotatable bonds is 6. The highest BCUT2D eigenvalue weighted by Crippen LogP contribution is 2.17. The van der Waals surface area contributed by atoms with Crippen LogP contribution in [0.5, 0.6) is 0 Å². The quantitative estimate of drug-likeness (QED) is 0.679. The maximum atomic E-state index is 12.1. The Bertz CT molecular complexity index is 908. The van der Waals surface area contributed by atoms with Crippen molar-refractivity contribution in [3.63, 3.8) is 0 Å². The Morgan fingerprint density at radius 2 is 2.08 bits per heavy atom. The number of nitrogens with one attached hydrogen (secondary N) is 1. The number of anilines is 1. The molecule has 0 aliphatic carbocycles. The minimum Gasteiger partial charge on any atom is -0.465 e. The van der Waals surface area contributed by atoms with Crippen molar-refractivity contribution in [3.8, 4) is 11.5 Å². The lowest BCUT2D eigenvalue weighted by molar-refractivity contribution is -0.116. The van der Waals surface area contributed by atoms with Crippen LogP contribution in [-0.2, 0) is 16.0 Å². The fraction of sp³-hybridized carbons (Fsp3) is 0.167. The number of ether oxygens (including phenoxy) is 1. The number of nitrogens with zero attached hydrogens (tertiary/aromatic N) is 3. The summed E-state index contributed by atoms with van der Waals surface area (Å²) >= 11 is 0. The Morgan fingerprint density at radius 3 is 2.85 bits per heavy atom. The van der Waals surface area contributed by atoms with E-state index in [1.54, 1.807) is 42.7 Å². The van der Waals surface area contributed by atoms with Gasteiger partial charge in [0.25, 0.3) is 0 Å². The molecule has 0 unspecified atom stereocenters. The molecule has 8 heteroatoms. The van der Waals surface area contributed by atoms with Gasteiger partial charge in [0.2, 0.25) is 17.7 Å². The Kier molecular flexibility index (Phi) is 5.33. The van der Waals surface area contributed by atoms with E-state index in [-0.39, 0.29) is 12.3 Å². The van der Waals surface area contributed by atoms with Crippen LogP contribution in [0.4, 0.5) is 5.69 Å². The average Bonchev–Trinajstić information content (AvgIpc) is 3.16. The van der Waals surface area contributed by atoms with Crippen LogP contribution < -0.4 is 5.32 Å². The molecule has 1 N–H and O–H groups in total. The monoisotopic (exact) mass is 352 g/mol. The summed E-state index contributed by atoms with van der Waals surface area (Å²) < 4.78 is 10.2. The SMILES string of the molecule is COC(=O)c1cccc(NC(=O)CCc2nnc(-c3cccnc3)o2)c1. The normalized spacial score (nSPS) is 10.3. The minimum absolute atomic E-state index is 0.164. The number of benzene rings is 1. The number of hydrogen-bond acceptors (Lipinski definition) is 7. The lowest BCUT2D eigenvalue weighted by Crippen LogP contribution is -2.13. The molecule has 0 fully saturated rings. The molecule has 0 bridgehead atoms. The summed E-state index contributed by atoms with van der Waals surface area (Å²) in [4.78, 5) is 27.6. The second kappa shape index (κ2) is 8.02. The fourth-order valence-corrected chi connectivity index (χ4v) is 2.25. The Morgan fingerprint density at radius 1 is 1.19 bits per heavy atom. The number of methoxy groups -OCH3 is 1. The van der Waals surface area contributed by atoms with Crippen LogP contribution in [0.25, 0.3) is 11.5 Å². The van der Waals surface area contributed by atoms with E-state index in [1.807, 2.05) is 6.07 Å². The number of esters is 1. The molecule has 8 nitrogen and oxygen atoms in total. The first kappa shape index (κ1) is 17.3. The predicted octanol–water partition coefficient (Wildman–Crippen LogP) is 2.49. The van der Waals surface area contributed by atoms with Crippen LogP contribution in [0.1, 0.15) is 22.7 Å². The third kappa shape index (κ3) is 4.29. The number of pyridine rings is 1. The van der Waals surface area contributed by atoms with Gasteiger partial charge in [0.1, 0.15) is 0 Å². The first-order valence-corrected chi connectivity index (χ1v) is 7.86. The second-order valence-electron chi connectivity index (χ2n) is 5.36. The summed E-state index contributed by atoms with van der Waals surface area (Å²) in [5.41, 5.74) is 1.60. The van der Waals surface area contributed by atoms with Gasteiger partial charge in [-0.3, -0.25) is 9.78 Å². The molecule has 0 spiro atoms. The molecule has 2 heterocycles. The van der Waals surface area contributed by atoms with Gasteiger partial charge in [0, 0.05) is 30.9 Å². The van der Waals surface area contributed by atoms with E-state index in [0.29, 0.717) is 29.5 Å². The van der Waals surface area contributed by atoms with Crippen molar-refractivity contribution in [2.75, 3.05) is 12.4 Å². The molecular formula is C18H16N4O4. The largest absolute Gasteiger partial charge is 0.465 e. The van der Waals surface area contributed by atoms with Crippen LogP contribution in [0.3, 0.4) is 0 Å². The maximum Gasteiger partial charge on any atom is 0.337 e. The summed E-state index contributed by atoms with van der Waals surface area (Å²) in [6.45, 7) is 0. The Balaban J connectivity index is 1.56. The third-order valence-electron chi connectivity index (χ3n) is 3.51. The van der Waals surface area contributed by atoms with Crippen LogP contribution >= 0.6 is 0 Å². The van der Waals surface area contributed by atoms with Gasteiger partial charge < -0.3 is 14.5 Å². The average molecular weight is 352 g/mol. The van der Waals surface area contributed by atoms with Gasteiger partial charge in [0.15, 0.2) is 0 Å². The summed E-state index contributed by atoms with van der Waals surface area (Å²) in [6.07, 6.45) is 3.74. The highest BCUT2D eigenvalue weighted by atomic mass is 16.5. The number of hydrogen-bond donors (Lipinski definition) is 1. The van der Waals surface area contributed by atoms with Gasteiger partial charge in [-0.2, -0.15) is 0 Å². The molecule has 132 valence electrons. The van der Waals surface area contributed by atoms with Gasteiger partial charge in [-0.25, -0.2) is 4.79 Å². The van der Waals surface area contributed by atoms with Crippen molar-refractivity contribution < 1.29 is 18.7 Å². The fourth-order valence-electron chi connectivity index (χ4n) is 2.25. The van der Waals surface area contributed by atoms with E-state index < -0.39 is 5.97 Å². The number of carbonyl (C=O) groups is 2. The van der Waals surface area contributed by atoms with E-state index >= 15 is 0 Å². The predicted molar refractivity (Wildman–Crippen MR) is 92.3 cm³/mol. The Labute approximate surface area is 149 Å². The number of amides is 1. The van der Waals surface area contributed by atoms with Crippen molar-refractivity contribution in [1.82, 2.24) is 15.2 Å². The first-order chi connectivity index (χ1) is 12.7. The van der Waals surface area contributed by atoms with Gasteiger partial charge in [-0.05, 0) is 30.3 Å². The number of carbonyl (C=O) groups excluding carboxylic acids is 2. The summed E-state index contributed by atoms with van der Waals surface area (Å²) in [7, 11) is 1.30. The zero-order chi connectivity index (χ0) is 18.4. The van der Waals surface area contributed by atoms with Crippen molar-refractivity contribution in [1.29, 1.82) is 0 Å². The van der Waals surface area contributed by atoms with Gasteiger partial charge in [0.05, 0.1) is 18.2 Å². The molecule has 26 heavy (non-hydrogen) atoms. The summed E-state index contributed by atoms with van der Waals surface area (Å²) in [5.74, 6) is 0.0321. The standard InChI is InChI=1S/C18H16N4O4/c1-25-18(24)12-4-2-6-14(10-12)20-15(23)7-8-16-21-22-17(26-16)13-5-3-9-19-11-13/h2-6,9-11H,7-8H2,1H3,(H,20,23). The van der Waals surface area contributed by atoms with Crippen LogP contribution in [0, 0.1) is 0 Å². The minimum atomic E-state index is -0.463. The zero-order valence-corrected chi connectivity index (χ0v) is 14.0. The van der Waals surface area contributed by atoms with Gasteiger partial charge >= 0.3 is 5.97 Å². The van der Waals surface area contributed by atoms with Gasteiger partial charge in [-0.15, -0.1) is 10.2 Å². The van der Waals surface area contributed by atoms with Crippen molar-refractivity contribution in [2.24, 2.45) is 0 Å². The van der Waals surface area contributed by atoms with E-state index in [1.165, 1.54) is 7.11 Å². The van der Waals surface area contributed by atoms with Crippen LogP contribution in [-0.4, -0.2) is 34.2 Å². The first-order valence-electron chi connectivity index (χ1n) is 7.86. The lowest BCUT2D eigenvalue weighted by Gasteiger charge is -2.06. The molecule has 3 aromatic rings. The molecule has 1 amide bonds. The molecule has 0 aliphatic heterocycles. The van der Waals surface area contributed by atoms with Crippen molar-refractivity contribution in [3.05, 3.63) is 60.2 Å². The molecule has 0 atom stereocenters. The third-order valence-corrected chi connectivity index (χ3v) is 3.51. The molecular weight excluding hydrogens is 336 g/mol. The summed E-state index contributed by atoms with van der Waals surface area (Å²) in [5, 5.41) is 10.6. The van der Waals surface area contributed by atoms with E-state index in [9.17, 15) is 9.59 Å². The molecule has 0 saturated heterocycles. The van der Waals surface area contributed by atoms with E-state index in [2.05, 4.69) is 25.2 Å².